The van der Waals surface area contributed by atoms with E-state index in [1.807, 2.05) is 24.3 Å². The summed E-state index contributed by atoms with van der Waals surface area (Å²) in [5.74, 6) is 0.471. The number of nitrogens with one attached hydrogen (secondary N) is 1. The molecule has 1 aliphatic carbocycles. The van der Waals surface area contributed by atoms with Crippen LogP contribution in [0.5, 0.6) is 0 Å². The summed E-state index contributed by atoms with van der Waals surface area (Å²) in [5, 5.41) is 9.51. The Morgan fingerprint density at radius 2 is 1.95 bits per heavy atom. The van der Waals surface area contributed by atoms with Crippen molar-refractivity contribution in [2.24, 2.45) is 5.92 Å². The van der Waals surface area contributed by atoms with Gasteiger partial charge in [-0.3, -0.25) is 4.79 Å². The maximum atomic E-state index is 12.0. The number of aliphatic hydroxyl groups is 1. The van der Waals surface area contributed by atoms with E-state index in [0.717, 1.165) is 36.7 Å². The number of aliphatic hydroxyl groups excluding tert-OH is 1. The molecule has 0 atom stereocenters. The topological polar surface area (TPSA) is 66.0 Å². The Kier molecular flexibility index (Phi) is 3.34. The van der Waals surface area contributed by atoms with Crippen LogP contribution in [-0.2, 0) is 6.42 Å². The van der Waals surface area contributed by atoms with Crippen LogP contribution in [0.25, 0.3) is 11.0 Å². The molecule has 1 aliphatic rings. The zero-order chi connectivity index (χ0) is 13.2. The normalized spacial score (nSPS) is 23.6. The molecule has 1 fully saturated rings. The number of aromatic amines is 1. The SMILES string of the molecule is O=c1[nH]c2ccccc2nc1CC1CCC(O)CC1. The molecule has 4 heteroatoms. The van der Waals surface area contributed by atoms with Gasteiger partial charge in [-0.2, -0.15) is 0 Å². The fourth-order valence-corrected chi connectivity index (χ4v) is 2.83. The average molecular weight is 258 g/mol. The van der Waals surface area contributed by atoms with Crippen molar-refractivity contribution >= 4 is 11.0 Å². The third-order valence-electron chi connectivity index (χ3n) is 3.97. The maximum Gasteiger partial charge on any atom is 0.270 e. The van der Waals surface area contributed by atoms with E-state index in [9.17, 15) is 9.90 Å². The zero-order valence-corrected chi connectivity index (χ0v) is 10.8. The van der Waals surface area contributed by atoms with Gasteiger partial charge in [-0.05, 0) is 50.2 Å². The van der Waals surface area contributed by atoms with Gasteiger partial charge in [0, 0.05) is 0 Å². The largest absolute Gasteiger partial charge is 0.393 e. The van der Waals surface area contributed by atoms with Gasteiger partial charge in [0.1, 0.15) is 5.69 Å². The average Bonchev–Trinajstić information content (AvgIpc) is 2.42. The van der Waals surface area contributed by atoms with Crippen LogP contribution in [-0.4, -0.2) is 21.2 Å². The van der Waals surface area contributed by atoms with Crippen LogP contribution in [0.4, 0.5) is 0 Å². The molecule has 0 bridgehead atoms. The number of H-pyrrole nitrogens is 1. The number of benzene rings is 1. The minimum atomic E-state index is -0.154. The van der Waals surface area contributed by atoms with Crippen LogP contribution >= 0.6 is 0 Å². The van der Waals surface area contributed by atoms with Crippen molar-refractivity contribution in [3.05, 3.63) is 40.3 Å². The van der Waals surface area contributed by atoms with Crippen molar-refractivity contribution in [1.82, 2.24) is 9.97 Å². The number of aromatic nitrogens is 2. The lowest BCUT2D eigenvalue weighted by molar-refractivity contribution is 0.108. The van der Waals surface area contributed by atoms with Gasteiger partial charge in [-0.1, -0.05) is 12.1 Å². The van der Waals surface area contributed by atoms with Crippen molar-refractivity contribution in [2.45, 2.75) is 38.2 Å². The van der Waals surface area contributed by atoms with Gasteiger partial charge in [0.15, 0.2) is 0 Å². The van der Waals surface area contributed by atoms with Crippen LogP contribution < -0.4 is 5.56 Å². The smallest absolute Gasteiger partial charge is 0.270 e. The Balaban J connectivity index is 1.84. The second kappa shape index (κ2) is 5.13. The molecule has 0 saturated heterocycles. The van der Waals surface area contributed by atoms with Crippen molar-refractivity contribution in [3.8, 4) is 0 Å². The quantitative estimate of drug-likeness (QED) is 0.866. The molecule has 0 aliphatic heterocycles. The lowest BCUT2D eigenvalue weighted by Gasteiger charge is -2.24. The number of hydrogen-bond donors (Lipinski definition) is 2. The molecule has 19 heavy (non-hydrogen) atoms. The fourth-order valence-electron chi connectivity index (χ4n) is 2.83. The maximum absolute atomic E-state index is 12.0. The van der Waals surface area contributed by atoms with Crippen LogP contribution in [0.1, 0.15) is 31.4 Å². The minimum Gasteiger partial charge on any atom is -0.393 e. The summed E-state index contributed by atoms with van der Waals surface area (Å²) in [6.07, 6.45) is 4.21. The highest BCUT2D eigenvalue weighted by molar-refractivity contribution is 5.73. The van der Waals surface area contributed by atoms with Crippen LogP contribution in [0, 0.1) is 5.92 Å². The van der Waals surface area contributed by atoms with Gasteiger partial charge in [-0.25, -0.2) is 4.98 Å². The predicted molar refractivity (Wildman–Crippen MR) is 74.0 cm³/mol. The number of nitrogens with zero attached hydrogens (tertiary/aromatic N) is 1. The van der Waals surface area contributed by atoms with Crippen molar-refractivity contribution in [1.29, 1.82) is 0 Å². The molecule has 0 radical (unpaired) electrons. The lowest BCUT2D eigenvalue weighted by atomic mass is 9.84. The Morgan fingerprint density at radius 1 is 1.21 bits per heavy atom. The highest BCUT2D eigenvalue weighted by Crippen LogP contribution is 2.26. The van der Waals surface area contributed by atoms with E-state index in [-0.39, 0.29) is 11.7 Å². The van der Waals surface area contributed by atoms with E-state index < -0.39 is 0 Å². The second-order valence-electron chi connectivity index (χ2n) is 5.41. The summed E-state index contributed by atoms with van der Waals surface area (Å²) < 4.78 is 0. The minimum absolute atomic E-state index is 0.0789. The van der Waals surface area contributed by atoms with Gasteiger partial charge in [0.25, 0.3) is 5.56 Å². The van der Waals surface area contributed by atoms with E-state index >= 15 is 0 Å². The van der Waals surface area contributed by atoms with Gasteiger partial charge < -0.3 is 10.1 Å². The summed E-state index contributed by atoms with van der Waals surface area (Å²) in [5.41, 5.74) is 2.17. The molecule has 1 aromatic carbocycles. The first-order chi connectivity index (χ1) is 9.22. The Morgan fingerprint density at radius 3 is 2.74 bits per heavy atom. The molecule has 3 rings (SSSR count). The molecule has 1 aromatic heterocycles. The van der Waals surface area contributed by atoms with Crippen molar-refractivity contribution in [2.75, 3.05) is 0 Å². The molecule has 1 heterocycles. The highest BCUT2D eigenvalue weighted by atomic mass is 16.3. The van der Waals surface area contributed by atoms with E-state index in [4.69, 9.17) is 0 Å². The summed E-state index contributed by atoms with van der Waals surface area (Å²) in [6.45, 7) is 0. The summed E-state index contributed by atoms with van der Waals surface area (Å²) in [4.78, 5) is 19.4. The Labute approximate surface area is 111 Å². The van der Waals surface area contributed by atoms with Gasteiger partial charge in [-0.15, -0.1) is 0 Å². The third kappa shape index (κ3) is 2.68. The zero-order valence-electron chi connectivity index (χ0n) is 10.8. The molecule has 0 unspecified atom stereocenters. The van der Waals surface area contributed by atoms with Gasteiger partial charge >= 0.3 is 0 Å². The monoisotopic (exact) mass is 258 g/mol. The number of rotatable bonds is 2. The number of hydrogen-bond acceptors (Lipinski definition) is 3. The summed E-state index contributed by atoms with van der Waals surface area (Å²) in [6, 6.07) is 7.60. The molecule has 4 nitrogen and oxygen atoms in total. The number of para-hydroxylation sites is 2. The lowest BCUT2D eigenvalue weighted by Crippen LogP contribution is -2.23. The Bertz CT molecular complexity index is 627. The summed E-state index contributed by atoms with van der Waals surface area (Å²) >= 11 is 0. The molecular weight excluding hydrogens is 240 g/mol. The van der Waals surface area contributed by atoms with E-state index in [0.29, 0.717) is 18.0 Å². The van der Waals surface area contributed by atoms with Crippen LogP contribution in [0.15, 0.2) is 29.1 Å². The second-order valence-corrected chi connectivity index (χ2v) is 5.41. The molecule has 2 N–H and O–H groups in total. The first-order valence-corrected chi connectivity index (χ1v) is 6.88. The molecule has 2 aromatic rings. The standard InChI is InChI=1S/C15H18N2O2/c18-11-7-5-10(6-8-11)9-14-15(19)17-13-4-2-1-3-12(13)16-14/h1-4,10-11,18H,5-9H2,(H,17,19). The van der Waals surface area contributed by atoms with Crippen molar-refractivity contribution in [3.63, 3.8) is 0 Å². The van der Waals surface area contributed by atoms with E-state index in [1.54, 1.807) is 0 Å². The molecule has 100 valence electrons. The third-order valence-corrected chi connectivity index (χ3v) is 3.97. The first kappa shape index (κ1) is 12.4. The van der Waals surface area contributed by atoms with E-state index in [2.05, 4.69) is 9.97 Å². The van der Waals surface area contributed by atoms with Crippen molar-refractivity contribution < 1.29 is 5.11 Å². The van der Waals surface area contributed by atoms with E-state index in [1.165, 1.54) is 0 Å². The highest BCUT2D eigenvalue weighted by Gasteiger charge is 2.21. The summed E-state index contributed by atoms with van der Waals surface area (Å²) in [7, 11) is 0. The molecule has 0 amide bonds. The number of fused-ring (bicyclic) bond motifs is 1. The van der Waals surface area contributed by atoms with Gasteiger partial charge in [0.2, 0.25) is 0 Å². The van der Waals surface area contributed by atoms with Gasteiger partial charge in [0.05, 0.1) is 17.1 Å². The fraction of sp³-hybridized carbons (Fsp3) is 0.467. The Hall–Kier alpha value is -1.68. The van der Waals surface area contributed by atoms with Crippen LogP contribution in [0.3, 0.4) is 0 Å². The first-order valence-electron chi connectivity index (χ1n) is 6.88. The molecular formula is C15H18N2O2. The molecule has 1 saturated carbocycles. The predicted octanol–water partition coefficient (Wildman–Crippen LogP) is 2.02. The molecule has 0 spiro atoms. The van der Waals surface area contributed by atoms with Crippen LogP contribution in [0.2, 0.25) is 0 Å².